The third-order valence-corrected chi connectivity index (χ3v) is 4.82. The van der Waals surface area contributed by atoms with Crippen LogP contribution >= 0.6 is 0 Å². The van der Waals surface area contributed by atoms with Gasteiger partial charge < -0.3 is 14.8 Å². The summed E-state index contributed by atoms with van der Waals surface area (Å²) in [6.45, 7) is 7.23. The Morgan fingerprint density at radius 3 is 2.32 bits per heavy atom. The minimum Gasteiger partial charge on any atom is -0.482 e. The highest BCUT2D eigenvalue weighted by molar-refractivity contribution is 5.94. The summed E-state index contributed by atoms with van der Waals surface area (Å²) >= 11 is 0. The minimum absolute atomic E-state index is 0.266. The van der Waals surface area contributed by atoms with Crippen molar-refractivity contribution in [3.05, 3.63) is 71.5 Å². The van der Waals surface area contributed by atoms with Crippen LogP contribution < -0.4 is 10.1 Å². The number of hydrogen-bond acceptors (Lipinski definition) is 5. The van der Waals surface area contributed by atoms with Crippen LogP contribution in [0.3, 0.4) is 0 Å². The SMILES string of the molecule is Cc1nn(-c2ccccc2)c(C)c1NC(=O)COC(=O)COc1ccc(C(C)C)cc1. The van der Waals surface area contributed by atoms with Crippen molar-refractivity contribution in [3.63, 3.8) is 0 Å². The summed E-state index contributed by atoms with van der Waals surface area (Å²) in [5.41, 5.74) is 4.15. The number of rotatable bonds is 8. The Labute approximate surface area is 182 Å². The van der Waals surface area contributed by atoms with Crippen molar-refractivity contribution in [1.29, 1.82) is 0 Å². The molecule has 7 heteroatoms. The average Bonchev–Trinajstić information content (AvgIpc) is 3.05. The van der Waals surface area contributed by atoms with Gasteiger partial charge in [-0.2, -0.15) is 5.10 Å². The Morgan fingerprint density at radius 1 is 1.00 bits per heavy atom. The number of hydrogen-bond donors (Lipinski definition) is 1. The van der Waals surface area contributed by atoms with Gasteiger partial charge in [0.2, 0.25) is 0 Å². The van der Waals surface area contributed by atoms with Crippen molar-refractivity contribution in [2.45, 2.75) is 33.6 Å². The van der Waals surface area contributed by atoms with Crippen LogP contribution in [-0.4, -0.2) is 34.9 Å². The lowest BCUT2D eigenvalue weighted by Crippen LogP contribution is -2.24. The molecule has 0 bridgehead atoms. The zero-order chi connectivity index (χ0) is 22.4. The average molecular weight is 421 g/mol. The highest BCUT2D eigenvalue weighted by Gasteiger charge is 2.16. The van der Waals surface area contributed by atoms with E-state index in [1.807, 2.05) is 68.4 Å². The summed E-state index contributed by atoms with van der Waals surface area (Å²) in [5, 5.41) is 7.26. The topological polar surface area (TPSA) is 82.5 Å². The van der Waals surface area contributed by atoms with Crippen molar-refractivity contribution in [1.82, 2.24) is 9.78 Å². The van der Waals surface area contributed by atoms with E-state index in [0.29, 0.717) is 23.0 Å². The Bertz CT molecular complexity index is 1040. The minimum atomic E-state index is -0.614. The van der Waals surface area contributed by atoms with Crippen LogP contribution in [0.15, 0.2) is 54.6 Å². The number of amides is 1. The number of para-hydroxylation sites is 1. The zero-order valence-corrected chi connectivity index (χ0v) is 18.2. The van der Waals surface area contributed by atoms with Gasteiger partial charge in [0.15, 0.2) is 13.2 Å². The van der Waals surface area contributed by atoms with Crippen LogP contribution in [0, 0.1) is 13.8 Å². The number of aryl methyl sites for hydroxylation is 1. The first kappa shape index (κ1) is 22.1. The number of esters is 1. The van der Waals surface area contributed by atoms with Crippen LogP contribution in [-0.2, 0) is 14.3 Å². The number of ether oxygens (including phenoxy) is 2. The van der Waals surface area contributed by atoms with Gasteiger partial charge in [-0.15, -0.1) is 0 Å². The Hall–Kier alpha value is -3.61. The summed E-state index contributed by atoms with van der Waals surface area (Å²) in [4.78, 5) is 24.2. The maximum absolute atomic E-state index is 12.3. The molecule has 0 aliphatic heterocycles. The Kier molecular flexibility index (Phi) is 7.07. The fraction of sp³-hybridized carbons (Fsp3) is 0.292. The lowest BCUT2D eigenvalue weighted by atomic mass is 10.0. The van der Waals surface area contributed by atoms with E-state index in [1.54, 1.807) is 4.68 Å². The van der Waals surface area contributed by atoms with Gasteiger partial charge in [0.1, 0.15) is 5.75 Å². The summed E-state index contributed by atoms with van der Waals surface area (Å²) in [5.74, 6) is -0.0556. The fourth-order valence-electron chi connectivity index (χ4n) is 3.10. The first-order valence-corrected chi connectivity index (χ1v) is 10.1. The van der Waals surface area contributed by atoms with Gasteiger partial charge in [-0.05, 0) is 49.6 Å². The molecule has 0 unspecified atom stereocenters. The zero-order valence-electron chi connectivity index (χ0n) is 18.2. The second-order valence-corrected chi connectivity index (χ2v) is 7.51. The second kappa shape index (κ2) is 9.93. The van der Waals surface area contributed by atoms with Crippen LogP contribution in [0.1, 0.15) is 36.7 Å². The number of nitrogens with one attached hydrogen (secondary N) is 1. The number of carbonyl (C=O) groups excluding carboxylic acids is 2. The smallest absolute Gasteiger partial charge is 0.344 e. The lowest BCUT2D eigenvalue weighted by Gasteiger charge is -2.10. The van der Waals surface area contributed by atoms with Gasteiger partial charge >= 0.3 is 5.97 Å². The molecule has 2 aromatic carbocycles. The summed E-state index contributed by atoms with van der Waals surface area (Å²) in [6.07, 6.45) is 0. The van der Waals surface area contributed by atoms with E-state index >= 15 is 0 Å². The van der Waals surface area contributed by atoms with E-state index in [1.165, 1.54) is 5.56 Å². The molecule has 0 saturated carbocycles. The molecule has 3 aromatic rings. The molecule has 1 heterocycles. The molecule has 0 fully saturated rings. The van der Waals surface area contributed by atoms with Crippen LogP contribution in [0.5, 0.6) is 5.75 Å². The van der Waals surface area contributed by atoms with Gasteiger partial charge in [0, 0.05) is 0 Å². The highest BCUT2D eigenvalue weighted by Crippen LogP contribution is 2.22. The van der Waals surface area contributed by atoms with Crippen molar-refractivity contribution >= 4 is 17.6 Å². The number of anilines is 1. The summed E-state index contributed by atoms with van der Waals surface area (Å²) < 4.78 is 12.2. The molecule has 0 spiro atoms. The van der Waals surface area contributed by atoms with E-state index in [0.717, 1.165) is 11.4 Å². The van der Waals surface area contributed by atoms with Crippen LogP contribution in [0.25, 0.3) is 5.69 Å². The Balaban J connectivity index is 1.50. The summed E-state index contributed by atoms with van der Waals surface area (Å²) in [6, 6.07) is 17.2. The van der Waals surface area contributed by atoms with Gasteiger partial charge in [0.05, 0.1) is 22.8 Å². The van der Waals surface area contributed by atoms with Crippen molar-refractivity contribution < 1.29 is 19.1 Å². The number of nitrogens with zero attached hydrogens (tertiary/aromatic N) is 2. The molecule has 1 aromatic heterocycles. The van der Waals surface area contributed by atoms with Crippen molar-refractivity contribution in [2.75, 3.05) is 18.5 Å². The van der Waals surface area contributed by atoms with E-state index < -0.39 is 18.5 Å². The molecule has 1 N–H and O–H groups in total. The standard InChI is InChI=1S/C24H27N3O4/c1-16(2)19-10-12-21(13-11-19)30-15-23(29)31-14-22(28)25-24-17(3)26-27(18(24)4)20-8-6-5-7-9-20/h5-13,16H,14-15H2,1-4H3,(H,25,28). The molecule has 7 nitrogen and oxygen atoms in total. The second-order valence-electron chi connectivity index (χ2n) is 7.51. The summed E-state index contributed by atoms with van der Waals surface area (Å²) in [7, 11) is 0. The predicted octanol–water partition coefficient (Wildman–Crippen LogP) is 4.17. The number of carbonyl (C=O) groups is 2. The van der Waals surface area contributed by atoms with Gasteiger partial charge in [0.25, 0.3) is 5.91 Å². The van der Waals surface area contributed by atoms with Gasteiger partial charge in [-0.25, -0.2) is 9.48 Å². The van der Waals surface area contributed by atoms with Gasteiger partial charge in [-0.3, -0.25) is 4.79 Å². The van der Waals surface area contributed by atoms with Gasteiger partial charge in [-0.1, -0.05) is 44.2 Å². The largest absolute Gasteiger partial charge is 0.482 e. The van der Waals surface area contributed by atoms with E-state index in [-0.39, 0.29) is 6.61 Å². The van der Waals surface area contributed by atoms with Crippen LogP contribution in [0.4, 0.5) is 5.69 Å². The maximum Gasteiger partial charge on any atom is 0.344 e. The molecule has 31 heavy (non-hydrogen) atoms. The van der Waals surface area contributed by atoms with Crippen molar-refractivity contribution in [3.8, 4) is 11.4 Å². The molecule has 0 saturated heterocycles. The van der Waals surface area contributed by atoms with E-state index in [9.17, 15) is 9.59 Å². The van der Waals surface area contributed by atoms with Crippen LogP contribution in [0.2, 0.25) is 0 Å². The van der Waals surface area contributed by atoms with E-state index in [4.69, 9.17) is 9.47 Å². The molecular formula is C24H27N3O4. The first-order valence-electron chi connectivity index (χ1n) is 10.1. The molecule has 1 amide bonds. The molecular weight excluding hydrogens is 394 g/mol. The lowest BCUT2D eigenvalue weighted by molar-refractivity contribution is -0.149. The highest BCUT2D eigenvalue weighted by atomic mass is 16.6. The molecule has 0 radical (unpaired) electrons. The van der Waals surface area contributed by atoms with Crippen molar-refractivity contribution in [2.24, 2.45) is 0 Å². The first-order chi connectivity index (χ1) is 14.8. The molecule has 162 valence electrons. The molecule has 0 atom stereocenters. The molecule has 3 rings (SSSR count). The third kappa shape index (κ3) is 5.72. The quantitative estimate of drug-likeness (QED) is 0.552. The number of benzene rings is 2. The predicted molar refractivity (Wildman–Crippen MR) is 119 cm³/mol. The van der Waals surface area contributed by atoms with E-state index in [2.05, 4.69) is 24.3 Å². The third-order valence-electron chi connectivity index (χ3n) is 4.82. The molecule has 0 aliphatic carbocycles. The monoisotopic (exact) mass is 421 g/mol. The number of aromatic nitrogens is 2. The molecule has 0 aliphatic rings. The normalized spacial score (nSPS) is 10.7. The Morgan fingerprint density at radius 2 is 1.68 bits per heavy atom. The maximum atomic E-state index is 12.3. The fourth-order valence-corrected chi connectivity index (χ4v) is 3.10.